The SMILES string of the molecule is CC1(C)O[C@H]2O[C@H]([C@@H](COS(C)(=O)=O)OS(C)(=O)=O)[C@@H](OCc3ccccc3)[C@H]2O1. The van der Waals surface area contributed by atoms with E-state index in [0.717, 1.165) is 18.1 Å². The molecule has 5 atom stereocenters. The molecule has 2 aliphatic rings. The molecule has 0 radical (unpaired) electrons. The van der Waals surface area contributed by atoms with Crippen LogP contribution in [-0.2, 0) is 54.2 Å². The van der Waals surface area contributed by atoms with Gasteiger partial charge < -0.3 is 18.9 Å². The molecule has 12 heteroatoms. The zero-order chi connectivity index (χ0) is 22.2. The first-order valence-corrected chi connectivity index (χ1v) is 12.9. The number of rotatable bonds is 9. The summed E-state index contributed by atoms with van der Waals surface area (Å²) in [5.74, 6) is -0.925. The normalized spacial score (nSPS) is 29.6. The Morgan fingerprint density at radius 1 is 1.03 bits per heavy atom. The second kappa shape index (κ2) is 8.79. The number of fused-ring (bicyclic) bond motifs is 1. The Kier molecular flexibility index (Phi) is 6.90. The van der Waals surface area contributed by atoms with Gasteiger partial charge in [0.05, 0.1) is 25.7 Å². The Morgan fingerprint density at radius 3 is 2.30 bits per heavy atom. The number of hydrogen-bond donors (Lipinski definition) is 0. The zero-order valence-corrected chi connectivity index (χ0v) is 18.7. The van der Waals surface area contributed by atoms with Crippen LogP contribution in [0, 0.1) is 0 Å². The lowest BCUT2D eigenvalue weighted by Crippen LogP contribution is -2.46. The van der Waals surface area contributed by atoms with E-state index in [0.29, 0.717) is 0 Å². The van der Waals surface area contributed by atoms with Crippen molar-refractivity contribution in [3.05, 3.63) is 35.9 Å². The standard InChI is InChI=1S/C18H26O10S2/c1-18(2)26-16-15(23-10-12-8-6-5-7-9-12)14(25-17(16)27-18)13(28-30(4,21)22)11-24-29(3,19)20/h5-9,13-17H,10-11H2,1-4H3/t13-,14-,15-,16-,17-/m1/s1. The highest BCUT2D eigenvalue weighted by atomic mass is 32.2. The summed E-state index contributed by atoms with van der Waals surface area (Å²) in [5, 5.41) is 0. The lowest BCUT2D eigenvalue weighted by molar-refractivity contribution is -0.229. The molecule has 0 N–H and O–H groups in total. The maximum absolute atomic E-state index is 11.8. The van der Waals surface area contributed by atoms with Gasteiger partial charge in [-0.05, 0) is 19.4 Å². The average molecular weight is 467 g/mol. The first-order chi connectivity index (χ1) is 13.8. The summed E-state index contributed by atoms with van der Waals surface area (Å²) < 4.78 is 79.8. The van der Waals surface area contributed by atoms with Crippen molar-refractivity contribution >= 4 is 20.2 Å². The molecule has 2 heterocycles. The van der Waals surface area contributed by atoms with Crippen LogP contribution in [0.15, 0.2) is 30.3 Å². The van der Waals surface area contributed by atoms with E-state index in [9.17, 15) is 16.8 Å². The first kappa shape index (κ1) is 23.5. The molecule has 0 saturated carbocycles. The fourth-order valence-electron chi connectivity index (χ4n) is 3.35. The molecule has 170 valence electrons. The van der Waals surface area contributed by atoms with Crippen molar-refractivity contribution in [3.63, 3.8) is 0 Å². The molecular weight excluding hydrogens is 440 g/mol. The van der Waals surface area contributed by atoms with E-state index in [1.54, 1.807) is 13.8 Å². The summed E-state index contributed by atoms with van der Waals surface area (Å²) >= 11 is 0. The van der Waals surface area contributed by atoms with Gasteiger partial charge in [0.2, 0.25) is 0 Å². The Labute approximate surface area is 176 Å². The van der Waals surface area contributed by atoms with Crippen LogP contribution in [0.2, 0.25) is 0 Å². The number of benzene rings is 1. The Morgan fingerprint density at radius 2 is 1.70 bits per heavy atom. The second-order valence-corrected chi connectivity index (χ2v) is 10.9. The van der Waals surface area contributed by atoms with Crippen molar-refractivity contribution in [1.82, 2.24) is 0 Å². The van der Waals surface area contributed by atoms with Gasteiger partial charge in [0.1, 0.15) is 24.4 Å². The lowest BCUT2D eigenvalue weighted by atomic mass is 10.1. The van der Waals surface area contributed by atoms with Gasteiger partial charge in [-0.1, -0.05) is 30.3 Å². The number of ether oxygens (including phenoxy) is 4. The van der Waals surface area contributed by atoms with Gasteiger partial charge in [-0.25, -0.2) is 0 Å². The summed E-state index contributed by atoms with van der Waals surface area (Å²) in [6.07, 6.45) is -2.91. The smallest absolute Gasteiger partial charge is 0.264 e. The first-order valence-electron chi connectivity index (χ1n) is 9.22. The fourth-order valence-corrected chi connectivity index (χ4v) is 4.35. The van der Waals surface area contributed by atoms with Gasteiger partial charge in [0, 0.05) is 0 Å². The quantitative estimate of drug-likeness (QED) is 0.482. The van der Waals surface area contributed by atoms with Crippen LogP contribution < -0.4 is 0 Å². The van der Waals surface area contributed by atoms with Gasteiger partial charge in [-0.15, -0.1) is 0 Å². The van der Waals surface area contributed by atoms with Crippen LogP contribution in [-0.4, -0.2) is 72.4 Å². The molecule has 2 saturated heterocycles. The monoisotopic (exact) mass is 466 g/mol. The van der Waals surface area contributed by atoms with Gasteiger partial charge in [0.25, 0.3) is 20.2 Å². The molecule has 0 spiro atoms. The topological polar surface area (TPSA) is 124 Å². The van der Waals surface area contributed by atoms with Crippen LogP contribution in [0.1, 0.15) is 19.4 Å². The van der Waals surface area contributed by atoms with E-state index >= 15 is 0 Å². The molecule has 3 rings (SSSR count). The summed E-state index contributed by atoms with van der Waals surface area (Å²) in [6, 6.07) is 9.33. The molecule has 0 amide bonds. The van der Waals surface area contributed by atoms with Crippen LogP contribution in [0.25, 0.3) is 0 Å². The lowest BCUT2D eigenvalue weighted by Gasteiger charge is -2.30. The predicted octanol–water partition coefficient (Wildman–Crippen LogP) is 0.769. The van der Waals surface area contributed by atoms with E-state index < -0.39 is 63.3 Å². The van der Waals surface area contributed by atoms with E-state index in [1.165, 1.54) is 0 Å². The molecule has 0 bridgehead atoms. The van der Waals surface area contributed by atoms with E-state index in [-0.39, 0.29) is 6.61 Å². The highest BCUT2D eigenvalue weighted by Crippen LogP contribution is 2.40. The van der Waals surface area contributed by atoms with Crippen molar-refractivity contribution in [3.8, 4) is 0 Å². The summed E-state index contributed by atoms with van der Waals surface area (Å²) in [7, 11) is -7.81. The summed E-state index contributed by atoms with van der Waals surface area (Å²) in [4.78, 5) is 0. The van der Waals surface area contributed by atoms with Crippen molar-refractivity contribution in [2.45, 2.75) is 56.9 Å². The molecule has 2 aliphatic heterocycles. The predicted molar refractivity (Wildman–Crippen MR) is 104 cm³/mol. The van der Waals surface area contributed by atoms with Crippen molar-refractivity contribution < 1.29 is 44.1 Å². The third kappa shape index (κ3) is 6.44. The van der Waals surface area contributed by atoms with E-state index in [2.05, 4.69) is 0 Å². The molecule has 1 aromatic carbocycles. The van der Waals surface area contributed by atoms with Crippen molar-refractivity contribution in [1.29, 1.82) is 0 Å². The van der Waals surface area contributed by atoms with Crippen LogP contribution >= 0.6 is 0 Å². The van der Waals surface area contributed by atoms with E-state index in [4.69, 9.17) is 27.3 Å². The van der Waals surface area contributed by atoms with Crippen molar-refractivity contribution in [2.75, 3.05) is 19.1 Å². The maximum Gasteiger partial charge on any atom is 0.264 e. The zero-order valence-electron chi connectivity index (χ0n) is 17.1. The molecule has 2 fully saturated rings. The van der Waals surface area contributed by atoms with E-state index in [1.807, 2.05) is 30.3 Å². The summed E-state index contributed by atoms with van der Waals surface area (Å²) in [5.41, 5.74) is 0.880. The largest absolute Gasteiger partial charge is 0.368 e. The third-order valence-electron chi connectivity index (χ3n) is 4.42. The van der Waals surface area contributed by atoms with Crippen LogP contribution in [0.4, 0.5) is 0 Å². The Bertz CT molecular complexity index is 929. The van der Waals surface area contributed by atoms with Crippen LogP contribution in [0.5, 0.6) is 0 Å². The molecule has 0 aliphatic carbocycles. The molecule has 0 aromatic heterocycles. The highest BCUT2D eigenvalue weighted by molar-refractivity contribution is 7.86. The maximum atomic E-state index is 11.8. The molecule has 10 nitrogen and oxygen atoms in total. The molecule has 1 aromatic rings. The minimum atomic E-state index is -3.96. The molecular formula is C18H26O10S2. The molecule has 30 heavy (non-hydrogen) atoms. The van der Waals surface area contributed by atoms with Gasteiger partial charge in [-0.3, -0.25) is 8.37 Å². The highest BCUT2D eigenvalue weighted by Gasteiger charge is 2.58. The minimum Gasteiger partial charge on any atom is -0.368 e. The number of hydrogen-bond acceptors (Lipinski definition) is 10. The minimum absolute atomic E-state index is 0.191. The van der Waals surface area contributed by atoms with Gasteiger partial charge >= 0.3 is 0 Å². The van der Waals surface area contributed by atoms with Crippen LogP contribution in [0.3, 0.4) is 0 Å². The second-order valence-electron chi connectivity index (χ2n) is 7.66. The Balaban J connectivity index is 1.83. The van der Waals surface area contributed by atoms with Gasteiger partial charge in [0.15, 0.2) is 12.1 Å². The Hall–Kier alpha value is -1.12. The average Bonchev–Trinajstić information content (AvgIpc) is 3.08. The molecule has 0 unspecified atom stereocenters. The third-order valence-corrected chi connectivity index (χ3v) is 5.58. The van der Waals surface area contributed by atoms with Crippen molar-refractivity contribution in [2.24, 2.45) is 0 Å². The summed E-state index contributed by atoms with van der Waals surface area (Å²) in [6.45, 7) is 3.05. The van der Waals surface area contributed by atoms with Gasteiger partial charge in [-0.2, -0.15) is 16.8 Å². The fraction of sp³-hybridized carbons (Fsp3) is 0.667.